The van der Waals surface area contributed by atoms with Crippen LogP contribution in [-0.2, 0) is 9.31 Å². The van der Waals surface area contributed by atoms with Gasteiger partial charge in [0.1, 0.15) is 33.6 Å². The maximum Gasteiger partial charge on any atom is 0.494 e. The van der Waals surface area contributed by atoms with Crippen LogP contribution in [0.25, 0.3) is 66.1 Å². The van der Waals surface area contributed by atoms with Gasteiger partial charge in [0.15, 0.2) is 0 Å². The van der Waals surface area contributed by atoms with E-state index < -0.39 is 0 Å². The highest BCUT2D eigenvalue weighted by molar-refractivity contribution is 9.10. The lowest BCUT2D eigenvalue weighted by molar-refractivity contribution is 0.00578. The van der Waals surface area contributed by atoms with Crippen molar-refractivity contribution in [3.05, 3.63) is 132 Å². The third kappa shape index (κ3) is 15.8. The van der Waals surface area contributed by atoms with Gasteiger partial charge in [0.2, 0.25) is 23.7 Å². The fourth-order valence-electron chi connectivity index (χ4n) is 14.0. The molecule has 9 heterocycles. The number of aromatic amines is 2. The molecule has 5 aliphatic rings. The molecule has 2 saturated carbocycles. The molecule has 6 aromatic heterocycles. The van der Waals surface area contributed by atoms with Crippen molar-refractivity contribution in [3.8, 4) is 45.5 Å². The van der Waals surface area contributed by atoms with Crippen LogP contribution in [0.5, 0.6) is 23.3 Å². The Balaban J connectivity index is 0.000000133. The molecule has 2 aliphatic carbocycles. The van der Waals surface area contributed by atoms with Gasteiger partial charge in [0, 0.05) is 77.2 Å². The summed E-state index contributed by atoms with van der Waals surface area (Å²) in [7, 11) is 3.08. The average Bonchev–Trinajstić information content (AvgIpc) is 1.53. The molecule has 0 unspecified atom stereocenters. The van der Waals surface area contributed by atoms with E-state index in [1.54, 1.807) is 31.9 Å². The standard InChI is InChI=1S/C26H35O2P.C22H23N5O.C17H19BrN4O.C11H16BNO2.CH4/c1-27-23-17-11-18-24(28-2)26(23)22-16-9-10-19-25(22)29(20-12-5-3-6-13-20)21-14-7-4-8-15-21;1-2-28-21-20-19(25-22(26-21)27-12-4-3-5-13-27)17-7-6-16(14-18(17)24-20)15-8-10-23-11-9-15;1-2-23-16-15-14(12-7-6-11(18)10-13(12)19-15)20-17(21-16)22-8-4-3-5-9-22;1-10(2)11(3,4)15-12(14-10)9-5-7-13-8-6-9;/h9-11,16-21H,3-8,12-15H2,1-2H3;6-11,14,24H,2-5,12-13H2,1H3;6-7,10,19H,2-5,8-9H2,1H3;5-8H,1-4H3;1H4. The molecule has 506 valence electrons. The van der Waals surface area contributed by atoms with E-state index in [-0.39, 0.29) is 33.7 Å². The molecule has 96 heavy (non-hydrogen) atoms. The van der Waals surface area contributed by atoms with Gasteiger partial charge in [-0.3, -0.25) is 9.97 Å². The predicted molar refractivity (Wildman–Crippen MR) is 400 cm³/mol. The van der Waals surface area contributed by atoms with Crippen LogP contribution in [0.4, 0.5) is 11.9 Å². The molecule has 0 atom stereocenters. The van der Waals surface area contributed by atoms with E-state index in [0.29, 0.717) is 25.0 Å². The number of halogens is 1. The van der Waals surface area contributed by atoms with Crippen molar-refractivity contribution in [2.75, 3.05) is 63.4 Å². The number of H-pyrrole nitrogens is 2. The predicted octanol–water partition coefficient (Wildman–Crippen LogP) is 18.0. The van der Waals surface area contributed by atoms with Crippen LogP contribution >= 0.6 is 23.9 Å². The Kier molecular flexibility index (Phi) is 23.6. The van der Waals surface area contributed by atoms with E-state index in [2.05, 4.69) is 117 Å². The Morgan fingerprint density at radius 3 is 1.51 bits per heavy atom. The third-order valence-corrected chi connectivity index (χ3v) is 23.7. The summed E-state index contributed by atoms with van der Waals surface area (Å²) in [6.07, 6.45) is 28.6. The van der Waals surface area contributed by atoms with Gasteiger partial charge in [0.25, 0.3) is 0 Å². The first-order valence-electron chi connectivity index (χ1n) is 34.7. The first-order chi connectivity index (χ1) is 46.3. The smallest absolute Gasteiger partial charge is 0.494 e. The van der Waals surface area contributed by atoms with Gasteiger partial charge in [-0.25, -0.2) is 9.97 Å². The van der Waals surface area contributed by atoms with Gasteiger partial charge in [-0.05, 0) is 205 Å². The summed E-state index contributed by atoms with van der Waals surface area (Å²) in [6, 6.07) is 35.8. The van der Waals surface area contributed by atoms with Crippen molar-refractivity contribution in [2.45, 2.75) is 174 Å². The number of hydrogen-bond acceptors (Lipinski definition) is 14. The van der Waals surface area contributed by atoms with Crippen LogP contribution in [0.1, 0.15) is 152 Å². The SMILES string of the molecule is C.CC1(C)OB(c2ccncc2)OC1(C)C.CCOc1nc(N2CCCCC2)nc2c1[nH]c1cc(-c3ccncc3)ccc12.CCOc1nc(N2CCCCC2)nc2c1[nH]c1cc(Br)ccc12.COc1cccc(OC)c1-c1ccccc1P(C1CCCCC1)C1CCCCC1. The zero-order valence-electron chi connectivity index (χ0n) is 56.8. The molecule has 0 radical (unpaired) electrons. The number of methoxy groups -OCH3 is 2. The number of anilines is 2. The van der Waals surface area contributed by atoms with Crippen LogP contribution in [-0.4, -0.2) is 123 Å². The van der Waals surface area contributed by atoms with Crippen molar-refractivity contribution in [1.29, 1.82) is 0 Å². The van der Waals surface area contributed by atoms with Gasteiger partial charge in [-0.1, -0.05) is 112 Å². The van der Waals surface area contributed by atoms with Gasteiger partial charge in [0.05, 0.1) is 44.2 Å². The Bertz CT molecular complexity index is 4100. The van der Waals surface area contributed by atoms with Crippen LogP contribution in [0.2, 0.25) is 0 Å². The Hall–Kier alpha value is -7.37. The number of pyridine rings is 2. The summed E-state index contributed by atoms with van der Waals surface area (Å²) < 4.78 is 36.1. The molecule has 0 bridgehead atoms. The van der Waals surface area contributed by atoms with Crippen molar-refractivity contribution in [1.82, 2.24) is 39.9 Å². The molecule has 15 rings (SSSR count). The Morgan fingerprint density at radius 2 is 1.01 bits per heavy atom. The zero-order chi connectivity index (χ0) is 65.9. The van der Waals surface area contributed by atoms with E-state index in [1.807, 2.05) is 90.3 Å². The molecule has 5 fully saturated rings. The van der Waals surface area contributed by atoms with Crippen LogP contribution in [0.3, 0.4) is 0 Å². The minimum absolute atomic E-state index is 0. The minimum atomic E-state index is -0.280. The molecule has 2 N–H and O–H groups in total. The molecule has 19 heteroatoms. The monoisotopic (exact) mass is 1380 g/mol. The number of hydrogen-bond donors (Lipinski definition) is 2. The summed E-state index contributed by atoms with van der Waals surface area (Å²) in [5, 5.41) is 3.78. The lowest BCUT2D eigenvalue weighted by Gasteiger charge is -2.39. The normalized spacial score (nSPS) is 17.2. The number of rotatable bonds is 14. The van der Waals surface area contributed by atoms with Gasteiger partial charge in [-0.2, -0.15) is 9.97 Å². The lowest BCUT2D eigenvalue weighted by atomic mass is 9.80. The molecule has 4 aromatic carbocycles. The van der Waals surface area contributed by atoms with Gasteiger partial charge in [-0.15, -0.1) is 0 Å². The molecular weight excluding hydrogens is 1280 g/mol. The highest BCUT2D eigenvalue weighted by atomic mass is 79.9. The number of nitrogens with one attached hydrogen (secondary N) is 2. The molecule has 10 aromatic rings. The van der Waals surface area contributed by atoms with E-state index in [1.165, 1.54) is 108 Å². The number of nitrogens with zero attached hydrogens (tertiary/aromatic N) is 8. The number of benzene rings is 4. The third-order valence-electron chi connectivity index (χ3n) is 19.7. The number of fused-ring (bicyclic) bond motifs is 6. The van der Waals surface area contributed by atoms with Crippen LogP contribution in [0.15, 0.2) is 132 Å². The largest absolute Gasteiger partial charge is 0.496 e. The van der Waals surface area contributed by atoms with Crippen molar-refractivity contribution in [3.63, 3.8) is 0 Å². The van der Waals surface area contributed by atoms with E-state index in [4.69, 9.17) is 43.2 Å². The Morgan fingerprint density at radius 1 is 0.542 bits per heavy atom. The summed E-state index contributed by atoms with van der Waals surface area (Å²) in [5.41, 5.74) is 12.7. The number of piperidine rings is 2. The minimum Gasteiger partial charge on any atom is -0.496 e. The first-order valence-corrected chi connectivity index (χ1v) is 36.9. The highest BCUT2D eigenvalue weighted by Crippen LogP contribution is 2.57. The highest BCUT2D eigenvalue weighted by Gasteiger charge is 2.51. The molecular formula is C77H97BBrN10O6P. The maximum absolute atomic E-state index is 5.90. The van der Waals surface area contributed by atoms with Crippen molar-refractivity contribution in [2.24, 2.45) is 0 Å². The molecule has 3 saturated heterocycles. The van der Waals surface area contributed by atoms with Crippen LogP contribution in [0, 0.1) is 0 Å². The topological polar surface area (TPSA) is 171 Å². The van der Waals surface area contributed by atoms with E-state index in [0.717, 1.165) is 131 Å². The molecule has 0 amide bonds. The Labute approximate surface area is 577 Å². The summed E-state index contributed by atoms with van der Waals surface area (Å²) in [6.45, 7) is 17.4. The van der Waals surface area contributed by atoms with Crippen LogP contribution < -0.4 is 39.5 Å². The first kappa shape index (κ1) is 70.0. The van der Waals surface area contributed by atoms with E-state index >= 15 is 0 Å². The quantitative estimate of drug-likeness (QED) is 0.0778. The maximum atomic E-state index is 5.90. The molecule has 0 spiro atoms. The molecule has 3 aliphatic heterocycles. The van der Waals surface area contributed by atoms with Gasteiger partial charge < -0.3 is 48.0 Å². The van der Waals surface area contributed by atoms with E-state index in [9.17, 15) is 0 Å². The zero-order valence-corrected chi connectivity index (χ0v) is 59.2. The second-order valence-corrected chi connectivity index (χ2v) is 30.1. The number of aromatic nitrogens is 8. The lowest BCUT2D eigenvalue weighted by Crippen LogP contribution is -2.41. The molecule has 16 nitrogen and oxygen atoms in total. The summed E-state index contributed by atoms with van der Waals surface area (Å²) in [4.78, 5) is 38.7. The van der Waals surface area contributed by atoms with Crippen molar-refractivity contribution >= 4 is 97.5 Å². The summed E-state index contributed by atoms with van der Waals surface area (Å²) in [5.74, 6) is 4.66. The average molecular weight is 1380 g/mol. The number of ether oxygens (including phenoxy) is 4. The van der Waals surface area contributed by atoms with Crippen molar-refractivity contribution < 1.29 is 28.3 Å². The second-order valence-electron chi connectivity index (χ2n) is 26.4. The van der Waals surface area contributed by atoms with Gasteiger partial charge >= 0.3 is 7.12 Å². The fourth-order valence-corrected chi connectivity index (χ4v) is 18.3. The fraction of sp³-hybridized carbons (Fsp3) is 0.455. The second kappa shape index (κ2) is 32.3. The summed E-state index contributed by atoms with van der Waals surface area (Å²) >= 11 is 3.52.